The summed E-state index contributed by atoms with van der Waals surface area (Å²) in [5, 5.41) is 0. The summed E-state index contributed by atoms with van der Waals surface area (Å²) in [6, 6.07) is 9.49. The molecule has 0 heterocycles. The normalized spacial score (nSPS) is 6.00. The Bertz CT molecular complexity index is 143. The summed E-state index contributed by atoms with van der Waals surface area (Å²) >= 11 is 0. The molecule has 0 aliphatic rings. The molecule has 0 bridgehead atoms. The molecule has 10 heavy (non-hydrogen) atoms. The van der Waals surface area contributed by atoms with E-state index in [4.69, 9.17) is 5.73 Å². The van der Waals surface area contributed by atoms with Crippen molar-refractivity contribution in [1.29, 1.82) is 0 Å². The van der Waals surface area contributed by atoms with E-state index in [-0.39, 0.29) is 14.1 Å². The first-order chi connectivity index (χ1) is 3.39. The lowest BCUT2D eigenvalue weighted by molar-refractivity contribution is 1.11. The Morgan fingerprint density at radius 1 is 0.800 bits per heavy atom. The van der Waals surface area contributed by atoms with Crippen LogP contribution in [0.15, 0.2) is 30.3 Å². The lowest BCUT2D eigenvalue weighted by Crippen LogP contribution is -1.79. The number of hydrogen-bond acceptors (Lipinski definition) is 1. The fourth-order valence-corrected chi connectivity index (χ4v) is 0.453. The highest BCUT2D eigenvalue weighted by Crippen LogP contribution is 1.95. The van der Waals surface area contributed by atoms with Gasteiger partial charge in [0.1, 0.15) is 0 Å². The number of nitrogens with two attached hydrogens (primary N) is 1. The summed E-state index contributed by atoms with van der Waals surface area (Å²) in [6.45, 7) is 0. The maximum Gasteiger partial charge on any atom is 0.0313 e. The van der Waals surface area contributed by atoms with Gasteiger partial charge in [-0.2, -0.15) is 0 Å². The van der Waals surface area contributed by atoms with E-state index in [1.54, 1.807) is 0 Å². The predicted octanol–water partition coefficient (Wildman–Crippen LogP) is 1.73. The zero-order valence-electron chi connectivity index (χ0n) is 5.19. The van der Waals surface area contributed by atoms with Crippen LogP contribution in [0.25, 0.3) is 0 Å². The third-order valence-electron chi connectivity index (χ3n) is 0.800. The molecule has 1 nitrogen and oxygen atoms in total. The smallest absolute Gasteiger partial charge is 0.0313 e. The summed E-state index contributed by atoms with van der Waals surface area (Å²) in [7, 11) is 0. The topological polar surface area (TPSA) is 26.0 Å². The van der Waals surface area contributed by atoms with Gasteiger partial charge in [0.15, 0.2) is 0 Å². The second-order valence-corrected chi connectivity index (χ2v) is 1.41. The molecular formula is C6H10F3N. The molecule has 0 fully saturated rings. The van der Waals surface area contributed by atoms with Crippen LogP contribution in [0.1, 0.15) is 0 Å². The fraction of sp³-hybridized carbons (Fsp3) is 0. The minimum Gasteiger partial charge on any atom is -0.399 e. The monoisotopic (exact) mass is 153 g/mol. The van der Waals surface area contributed by atoms with Crippen LogP contribution >= 0.6 is 0 Å². The predicted molar refractivity (Wildman–Crippen MR) is 38.4 cm³/mol. The first-order valence-corrected chi connectivity index (χ1v) is 2.20. The average molecular weight is 153 g/mol. The van der Waals surface area contributed by atoms with Crippen molar-refractivity contribution < 1.29 is 14.1 Å². The van der Waals surface area contributed by atoms with Crippen LogP contribution < -0.4 is 5.73 Å². The molecule has 0 radical (unpaired) electrons. The second-order valence-electron chi connectivity index (χ2n) is 1.41. The lowest BCUT2D eigenvalue weighted by Gasteiger charge is -1.83. The Kier molecular flexibility index (Phi) is 12.4. The molecule has 1 aromatic rings. The molecule has 1 aromatic carbocycles. The van der Waals surface area contributed by atoms with Gasteiger partial charge in [0.05, 0.1) is 0 Å². The molecule has 0 aliphatic heterocycles. The van der Waals surface area contributed by atoms with Gasteiger partial charge >= 0.3 is 0 Å². The van der Waals surface area contributed by atoms with Crippen LogP contribution in [0.5, 0.6) is 0 Å². The number of anilines is 1. The van der Waals surface area contributed by atoms with Crippen molar-refractivity contribution in [3.8, 4) is 0 Å². The molecule has 2 N–H and O–H groups in total. The van der Waals surface area contributed by atoms with Gasteiger partial charge in [-0.05, 0) is 12.1 Å². The molecule has 0 aliphatic carbocycles. The first-order valence-electron chi connectivity index (χ1n) is 2.20. The van der Waals surface area contributed by atoms with Crippen molar-refractivity contribution in [2.75, 3.05) is 5.73 Å². The van der Waals surface area contributed by atoms with Crippen molar-refractivity contribution in [3.63, 3.8) is 0 Å². The van der Waals surface area contributed by atoms with Crippen LogP contribution in [0.4, 0.5) is 19.8 Å². The van der Waals surface area contributed by atoms with Crippen molar-refractivity contribution in [2.24, 2.45) is 0 Å². The Morgan fingerprint density at radius 2 is 1.20 bits per heavy atom. The third-order valence-corrected chi connectivity index (χ3v) is 0.800. The Labute approximate surface area is 57.0 Å². The molecule has 0 unspecified atom stereocenters. The van der Waals surface area contributed by atoms with Gasteiger partial charge in [-0.3, -0.25) is 14.1 Å². The molecular weight excluding hydrogens is 143 g/mol. The van der Waals surface area contributed by atoms with Gasteiger partial charge in [0.2, 0.25) is 0 Å². The summed E-state index contributed by atoms with van der Waals surface area (Å²) < 4.78 is 0. The largest absolute Gasteiger partial charge is 0.399 e. The van der Waals surface area contributed by atoms with E-state index < -0.39 is 0 Å². The fourth-order valence-electron chi connectivity index (χ4n) is 0.453. The Morgan fingerprint density at radius 3 is 1.40 bits per heavy atom. The first kappa shape index (κ1) is 15.9. The zero-order valence-corrected chi connectivity index (χ0v) is 5.19. The SMILES string of the molecule is F.F.F.Nc1ccccc1. The molecule has 1 rings (SSSR count). The van der Waals surface area contributed by atoms with Gasteiger partial charge in [-0.15, -0.1) is 0 Å². The van der Waals surface area contributed by atoms with E-state index in [2.05, 4.69) is 0 Å². The summed E-state index contributed by atoms with van der Waals surface area (Å²) in [4.78, 5) is 0. The lowest BCUT2D eigenvalue weighted by atomic mass is 10.3. The minimum atomic E-state index is 0. The number of rotatable bonds is 0. The number of halogens is 3. The van der Waals surface area contributed by atoms with Crippen LogP contribution in [0.3, 0.4) is 0 Å². The van der Waals surface area contributed by atoms with E-state index in [1.807, 2.05) is 30.3 Å². The zero-order chi connectivity index (χ0) is 5.11. The van der Waals surface area contributed by atoms with Crippen LogP contribution in [0.2, 0.25) is 0 Å². The van der Waals surface area contributed by atoms with Crippen LogP contribution in [-0.4, -0.2) is 0 Å². The second kappa shape index (κ2) is 7.81. The highest BCUT2D eigenvalue weighted by molar-refractivity contribution is 5.35. The molecule has 0 amide bonds. The summed E-state index contributed by atoms with van der Waals surface area (Å²) in [5.74, 6) is 0. The standard InChI is InChI=1S/C6H7N.3FH/c7-6-4-2-1-3-5-6;;;/h1-5H,7H2;3*1H. The third kappa shape index (κ3) is 4.96. The van der Waals surface area contributed by atoms with Crippen molar-refractivity contribution in [2.45, 2.75) is 0 Å². The van der Waals surface area contributed by atoms with E-state index in [9.17, 15) is 0 Å². The molecule has 60 valence electrons. The van der Waals surface area contributed by atoms with E-state index in [1.165, 1.54) is 0 Å². The number of hydrogen-bond donors (Lipinski definition) is 1. The average Bonchev–Trinajstić information content (AvgIpc) is 1.69. The molecule has 0 saturated heterocycles. The van der Waals surface area contributed by atoms with E-state index in [0.29, 0.717) is 0 Å². The molecule has 0 aromatic heterocycles. The van der Waals surface area contributed by atoms with E-state index >= 15 is 0 Å². The van der Waals surface area contributed by atoms with Gasteiger partial charge < -0.3 is 5.73 Å². The van der Waals surface area contributed by atoms with E-state index in [0.717, 1.165) is 5.69 Å². The van der Waals surface area contributed by atoms with Gasteiger partial charge in [0, 0.05) is 5.69 Å². The highest BCUT2D eigenvalue weighted by atomic mass is 19.0. The number of para-hydroxylation sites is 1. The van der Waals surface area contributed by atoms with Gasteiger partial charge in [-0.1, -0.05) is 18.2 Å². The minimum absolute atomic E-state index is 0. The molecule has 0 atom stereocenters. The van der Waals surface area contributed by atoms with Crippen LogP contribution in [0, 0.1) is 0 Å². The number of nitrogen functional groups attached to an aromatic ring is 1. The maximum atomic E-state index is 5.36. The number of benzene rings is 1. The van der Waals surface area contributed by atoms with Crippen molar-refractivity contribution >= 4 is 5.69 Å². The van der Waals surface area contributed by atoms with Crippen molar-refractivity contribution in [3.05, 3.63) is 30.3 Å². The quantitative estimate of drug-likeness (QED) is 0.564. The summed E-state index contributed by atoms with van der Waals surface area (Å²) in [6.07, 6.45) is 0. The van der Waals surface area contributed by atoms with Crippen LogP contribution in [-0.2, 0) is 0 Å². The van der Waals surface area contributed by atoms with Crippen molar-refractivity contribution in [1.82, 2.24) is 0 Å². The molecule has 0 spiro atoms. The Hall–Kier alpha value is -1.19. The maximum absolute atomic E-state index is 5.36. The highest BCUT2D eigenvalue weighted by Gasteiger charge is 1.72. The molecule has 4 heteroatoms. The van der Waals surface area contributed by atoms with Gasteiger partial charge in [-0.25, -0.2) is 0 Å². The Balaban J connectivity index is -0.000000163. The summed E-state index contributed by atoms with van der Waals surface area (Å²) in [5.41, 5.74) is 6.18. The van der Waals surface area contributed by atoms with Gasteiger partial charge in [0.25, 0.3) is 0 Å². The molecule has 0 saturated carbocycles.